The van der Waals surface area contributed by atoms with Crippen LogP contribution in [0.5, 0.6) is 5.88 Å². The van der Waals surface area contributed by atoms with Crippen LogP contribution in [0.15, 0.2) is 12.1 Å². The van der Waals surface area contributed by atoms with Gasteiger partial charge in [-0.3, -0.25) is 0 Å². The zero-order chi connectivity index (χ0) is 12.9. The maximum absolute atomic E-state index is 10.0. The van der Waals surface area contributed by atoms with Gasteiger partial charge in [0, 0.05) is 18.4 Å². The topological polar surface area (TPSA) is 80.4 Å². The van der Waals surface area contributed by atoms with Gasteiger partial charge in [-0.25, -0.2) is 0 Å². The summed E-state index contributed by atoms with van der Waals surface area (Å²) in [4.78, 5) is 4.18. The van der Waals surface area contributed by atoms with Gasteiger partial charge in [-0.15, -0.1) is 0 Å². The second kappa shape index (κ2) is 5.97. The number of nitrogen functional groups attached to an aromatic ring is 1. The molecule has 0 saturated carbocycles. The van der Waals surface area contributed by atoms with Crippen LogP contribution in [0.4, 0.5) is 11.5 Å². The second-order valence-corrected chi connectivity index (χ2v) is 4.94. The smallest absolute Gasteiger partial charge is 0.215 e. The quantitative estimate of drug-likeness (QED) is 0.710. The number of thioether (sulfide) groups is 1. The van der Waals surface area contributed by atoms with E-state index < -0.39 is 5.60 Å². The molecule has 1 aromatic rings. The van der Waals surface area contributed by atoms with Crippen molar-refractivity contribution in [3.05, 3.63) is 12.1 Å². The highest BCUT2D eigenvalue weighted by atomic mass is 32.2. The van der Waals surface area contributed by atoms with Gasteiger partial charge in [0.15, 0.2) is 5.82 Å². The Hall–Kier alpha value is -1.14. The molecule has 0 amide bonds. The molecule has 0 aliphatic heterocycles. The SMILES string of the molecule is COc1ccc(N)c(NCC(C)(O)CSC)n1. The Kier molecular flexibility index (Phi) is 4.89. The minimum absolute atomic E-state index is 0.387. The first-order valence-corrected chi connectivity index (χ1v) is 6.63. The van der Waals surface area contributed by atoms with E-state index in [0.29, 0.717) is 29.7 Å². The summed E-state index contributed by atoms with van der Waals surface area (Å²) >= 11 is 1.59. The van der Waals surface area contributed by atoms with Crippen molar-refractivity contribution in [2.45, 2.75) is 12.5 Å². The molecule has 6 heteroatoms. The van der Waals surface area contributed by atoms with Crippen LogP contribution >= 0.6 is 11.8 Å². The summed E-state index contributed by atoms with van der Waals surface area (Å²) in [6.45, 7) is 2.16. The number of hydrogen-bond acceptors (Lipinski definition) is 6. The molecule has 4 N–H and O–H groups in total. The number of pyridine rings is 1. The molecule has 0 spiro atoms. The monoisotopic (exact) mass is 257 g/mol. The number of aromatic nitrogens is 1. The number of nitrogens with one attached hydrogen (secondary N) is 1. The van der Waals surface area contributed by atoms with Gasteiger partial charge in [0.05, 0.1) is 18.4 Å². The Labute approximate surface area is 106 Å². The molecule has 0 aliphatic carbocycles. The van der Waals surface area contributed by atoms with Crippen molar-refractivity contribution < 1.29 is 9.84 Å². The predicted molar refractivity (Wildman–Crippen MR) is 72.7 cm³/mol. The van der Waals surface area contributed by atoms with Gasteiger partial charge in [0.2, 0.25) is 5.88 Å². The Morgan fingerprint density at radius 1 is 1.59 bits per heavy atom. The van der Waals surface area contributed by atoms with E-state index >= 15 is 0 Å². The van der Waals surface area contributed by atoms with Crippen molar-refractivity contribution in [1.82, 2.24) is 4.98 Å². The molecule has 1 unspecified atom stereocenters. The highest BCUT2D eigenvalue weighted by Gasteiger charge is 2.19. The average molecular weight is 257 g/mol. The van der Waals surface area contributed by atoms with Crippen LogP contribution in [0.1, 0.15) is 6.92 Å². The molecule has 1 heterocycles. The van der Waals surface area contributed by atoms with Gasteiger partial charge in [-0.1, -0.05) is 0 Å². The first kappa shape index (κ1) is 13.9. The van der Waals surface area contributed by atoms with Crippen molar-refractivity contribution in [3.63, 3.8) is 0 Å². The number of rotatable bonds is 6. The molecule has 0 radical (unpaired) electrons. The second-order valence-electron chi connectivity index (χ2n) is 4.07. The molecule has 1 aromatic heterocycles. The van der Waals surface area contributed by atoms with Crippen molar-refractivity contribution in [1.29, 1.82) is 0 Å². The fourth-order valence-electron chi connectivity index (χ4n) is 1.34. The Morgan fingerprint density at radius 3 is 2.88 bits per heavy atom. The summed E-state index contributed by atoms with van der Waals surface area (Å²) in [6, 6.07) is 3.41. The van der Waals surface area contributed by atoms with Gasteiger partial charge >= 0.3 is 0 Å². The number of methoxy groups -OCH3 is 1. The zero-order valence-electron chi connectivity index (χ0n) is 10.4. The molecule has 0 fully saturated rings. The molecule has 1 rings (SSSR count). The molecule has 0 aromatic carbocycles. The fourth-order valence-corrected chi connectivity index (χ4v) is 2.07. The Balaban J connectivity index is 2.68. The summed E-state index contributed by atoms with van der Waals surface area (Å²) in [5, 5.41) is 13.0. The standard InChI is InChI=1S/C11H19N3O2S/c1-11(15,7-17-3)6-13-10-8(12)4-5-9(14-10)16-2/h4-5,15H,6-7,12H2,1-3H3,(H,13,14). The maximum atomic E-state index is 10.0. The molecular formula is C11H19N3O2S. The lowest BCUT2D eigenvalue weighted by atomic mass is 10.1. The average Bonchev–Trinajstić information content (AvgIpc) is 2.28. The Morgan fingerprint density at radius 2 is 2.29 bits per heavy atom. The summed E-state index contributed by atoms with van der Waals surface area (Å²) < 4.78 is 5.02. The third-order valence-electron chi connectivity index (χ3n) is 2.20. The molecule has 0 bridgehead atoms. The van der Waals surface area contributed by atoms with Gasteiger partial charge < -0.3 is 20.9 Å². The number of anilines is 2. The maximum Gasteiger partial charge on any atom is 0.215 e. The molecule has 17 heavy (non-hydrogen) atoms. The third kappa shape index (κ3) is 4.32. The van der Waals surface area contributed by atoms with E-state index in [1.807, 2.05) is 6.26 Å². The lowest BCUT2D eigenvalue weighted by Crippen LogP contribution is -2.36. The van der Waals surface area contributed by atoms with E-state index in [1.54, 1.807) is 37.9 Å². The molecule has 5 nitrogen and oxygen atoms in total. The fraction of sp³-hybridized carbons (Fsp3) is 0.545. The van der Waals surface area contributed by atoms with Gasteiger partial charge in [-0.05, 0) is 19.2 Å². The lowest BCUT2D eigenvalue weighted by Gasteiger charge is -2.23. The summed E-state index contributed by atoms with van der Waals surface area (Å²) in [7, 11) is 1.55. The van der Waals surface area contributed by atoms with Crippen LogP contribution in [-0.4, -0.2) is 41.4 Å². The minimum Gasteiger partial charge on any atom is -0.481 e. The van der Waals surface area contributed by atoms with Crippen LogP contribution in [0.3, 0.4) is 0 Å². The van der Waals surface area contributed by atoms with E-state index in [4.69, 9.17) is 10.5 Å². The zero-order valence-corrected chi connectivity index (χ0v) is 11.2. The van der Waals surface area contributed by atoms with Gasteiger partial charge in [0.25, 0.3) is 0 Å². The third-order valence-corrected chi connectivity index (χ3v) is 3.11. The summed E-state index contributed by atoms with van der Waals surface area (Å²) in [5.74, 6) is 1.67. The van der Waals surface area contributed by atoms with Crippen LogP contribution in [0, 0.1) is 0 Å². The number of nitrogens with zero attached hydrogens (tertiary/aromatic N) is 1. The number of hydrogen-bond donors (Lipinski definition) is 3. The van der Waals surface area contributed by atoms with Crippen LogP contribution < -0.4 is 15.8 Å². The molecule has 0 saturated heterocycles. The first-order chi connectivity index (χ1) is 7.98. The first-order valence-electron chi connectivity index (χ1n) is 5.24. The van der Waals surface area contributed by atoms with Crippen LogP contribution in [0.2, 0.25) is 0 Å². The summed E-state index contributed by atoms with van der Waals surface area (Å²) in [5.41, 5.74) is 5.52. The number of ether oxygens (including phenoxy) is 1. The van der Waals surface area contributed by atoms with E-state index in [2.05, 4.69) is 10.3 Å². The highest BCUT2D eigenvalue weighted by molar-refractivity contribution is 7.98. The van der Waals surface area contributed by atoms with Crippen molar-refractivity contribution in [3.8, 4) is 5.88 Å². The lowest BCUT2D eigenvalue weighted by molar-refractivity contribution is 0.0996. The predicted octanol–water partition coefficient (Wildman–Crippen LogP) is 1.20. The van der Waals surface area contributed by atoms with Crippen LogP contribution in [-0.2, 0) is 0 Å². The molecule has 96 valence electrons. The molecular weight excluding hydrogens is 238 g/mol. The normalized spacial score (nSPS) is 14.1. The number of aliphatic hydroxyl groups is 1. The summed E-state index contributed by atoms with van der Waals surface area (Å²) in [6.07, 6.45) is 1.95. The van der Waals surface area contributed by atoms with E-state index in [-0.39, 0.29) is 0 Å². The van der Waals surface area contributed by atoms with E-state index in [9.17, 15) is 5.11 Å². The van der Waals surface area contributed by atoms with Crippen molar-refractivity contribution in [2.75, 3.05) is 36.7 Å². The molecule has 0 aliphatic rings. The largest absolute Gasteiger partial charge is 0.481 e. The highest BCUT2D eigenvalue weighted by Crippen LogP contribution is 2.20. The Bertz CT molecular complexity index is 372. The van der Waals surface area contributed by atoms with Gasteiger partial charge in [0.1, 0.15) is 0 Å². The van der Waals surface area contributed by atoms with Crippen molar-refractivity contribution in [2.24, 2.45) is 0 Å². The number of nitrogens with two attached hydrogens (primary N) is 1. The van der Waals surface area contributed by atoms with E-state index in [1.165, 1.54) is 0 Å². The minimum atomic E-state index is -0.795. The molecule has 1 atom stereocenters. The van der Waals surface area contributed by atoms with Gasteiger partial charge in [-0.2, -0.15) is 16.7 Å². The van der Waals surface area contributed by atoms with Crippen molar-refractivity contribution >= 4 is 23.3 Å². The van der Waals surface area contributed by atoms with E-state index in [0.717, 1.165) is 0 Å². The van der Waals surface area contributed by atoms with Crippen LogP contribution in [0.25, 0.3) is 0 Å².